The molecule has 0 saturated heterocycles. The monoisotopic (exact) mass is 368 g/mol. The summed E-state index contributed by atoms with van der Waals surface area (Å²) >= 11 is 6.14. The van der Waals surface area contributed by atoms with Gasteiger partial charge in [0.2, 0.25) is 11.8 Å². The number of unbranched alkanes of at least 4 members (excludes halogenated alkanes) is 1. The summed E-state index contributed by atoms with van der Waals surface area (Å²) in [6.07, 6.45) is 1.92. The largest absolute Gasteiger partial charge is 0.441 e. The molecule has 1 aromatic heterocycles. The number of aryl methyl sites for hydroxylation is 1. The average molecular weight is 369 g/mol. The summed E-state index contributed by atoms with van der Waals surface area (Å²) in [4.78, 5) is 16.1. The molecule has 1 aromatic carbocycles. The van der Waals surface area contributed by atoms with E-state index in [1.54, 1.807) is 13.0 Å². The van der Waals surface area contributed by atoms with Crippen LogP contribution in [0.15, 0.2) is 28.7 Å². The van der Waals surface area contributed by atoms with Crippen molar-refractivity contribution in [3.63, 3.8) is 0 Å². The number of halogens is 1. The molecule has 0 fully saturated rings. The number of carbonyl (C=O) groups excluding carboxylic acids is 1. The van der Waals surface area contributed by atoms with Crippen molar-refractivity contribution in [1.82, 2.24) is 10.3 Å². The molecule has 5 nitrogen and oxygen atoms in total. The molecule has 0 spiro atoms. The maximum absolute atomic E-state index is 12.2. The number of nitrogens with one attached hydrogen (secondary N) is 1. The van der Waals surface area contributed by atoms with Gasteiger partial charge >= 0.3 is 0 Å². The normalized spacial score (nSPS) is 12.1. The molecule has 24 heavy (non-hydrogen) atoms. The van der Waals surface area contributed by atoms with Crippen LogP contribution >= 0.6 is 11.6 Å². The van der Waals surface area contributed by atoms with Gasteiger partial charge in [0.15, 0.2) is 0 Å². The Morgan fingerprint density at radius 2 is 2.12 bits per heavy atom. The number of benzene rings is 1. The zero-order valence-electron chi connectivity index (χ0n) is 13.8. The molecule has 1 N–H and O–H groups in total. The van der Waals surface area contributed by atoms with E-state index >= 15 is 0 Å². The predicted molar refractivity (Wildman–Crippen MR) is 96.3 cm³/mol. The molecular weight excluding hydrogens is 348 g/mol. The van der Waals surface area contributed by atoms with Crippen LogP contribution in [-0.2, 0) is 21.3 Å². The summed E-state index contributed by atoms with van der Waals surface area (Å²) in [5.41, 5.74) is 1.28. The number of amides is 1. The van der Waals surface area contributed by atoms with E-state index in [2.05, 4.69) is 10.3 Å². The highest BCUT2D eigenvalue weighted by molar-refractivity contribution is 7.84. The van der Waals surface area contributed by atoms with E-state index in [0.29, 0.717) is 34.5 Å². The van der Waals surface area contributed by atoms with Crippen molar-refractivity contribution in [1.29, 1.82) is 0 Å². The van der Waals surface area contributed by atoms with Gasteiger partial charge in [0.1, 0.15) is 11.5 Å². The highest BCUT2D eigenvalue weighted by Gasteiger charge is 2.17. The molecule has 1 atom stereocenters. The average Bonchev–Trinajstić information content (AvgIpc) is 2.88. The Morgan fingerprint density at radius 1 is 1.38 bits per heavy atom. The fraction of sp³-hybridized carbons (Fsp3) is 0.412. The Hall–Kier alpha value is -1.66. The van der Waals surface area contributed by atoms with Crippen molar-refractivity contribution < 1.29 is 13.4 Å². The molecule has 2 rings (SSSR count). The molecule has 0 aliphatic heterocycles. The summed E-state index contributed by atoms with van der Waals surface area (Å²) in [7, 11) is -1.33. The van der Waals surface area contributed by atoms with E-state index in [1.807, 2.05) is 25.1 Å². The lowest BCUT2D eigenvalue weighted by Gasteiger charge is -2.03. The third-order valence-corrected chi connectivity index (χ3v) is 4.95. The van der Waals surface area contributed by atoms with Crippen molar-refractivity contribution in [2.45, 2.75) is 32.4 Å². The number of nitrogens with zero attached hydrogens (tertiary/aromatic N) is 1. The highest BCUT2D eigenvalue weighted by Crippen LogP contribution is 2.28. The van der Waals surface area contributed by atoms with Gasteiger partial charge in [-0.25, -0.2) is 4.98 Å². The van der Waals surface area contributed by atoms with E-state index in [-0.39, 0.29) is 17.4 Å². The van der Waals surface area contributed by atoms with Crippen molar-refractivity contribution >= 4 is 28.3 Å². The summed E-state index contributed by atoms with van der Waals surface area (Å²) in [6.45, 7) is 4.43. The number of carbonyl (C=O) groups is 1. The molecule has 2 aromatic rings. The Bertz CT molecular complexity index is 730. The summed E-state index contributed by atoms with van der Waals surface area (Å²) in [6, 6.07) is 7.25. The molecule has 0 aliphatic carbocycles. The van der Waals surface area contributed by atoms with Gasteiger partial charge in [0, 0.05) is 17.3 Å². The molecule has 1 amide bonds. The number of oxazole rings is 1. The van der Waals surface area contributed by atoms with Crippen LogP contribution in [0.25, 0.3) is 11.5 Å². The summed E-state index contributed by atoms with van der Waals surface area (Å²) in [5, 5.41) is 3.30. The number of rotatable bonds is 8. The Kier molecular flexibility index (Phi) is 6.99. The van der Waals surface area contributed by atoms with Crippen LogP contribution in [-0.4, -0.2) is 27.4 Å². The zero-order valence-corrected chi connectivity index (χ0v) is 15.4. The van der Waals surface area contributed by atoms with Crippen molar-refractivity contribution in [2.24, 2.45) is 0 Å². The minimum absolute atomic E-state index is 0.0303. The minimum atomic E-state index is -1.33. The molecular formula is C17H21ClN2O3S. The van der Waals surface area contributed by atoms with Gasteiger partial charge in [-0.1, -0.05) is 37.1 Å². The van der Waals surface area contributed by atoms with Gasteiger partial charge in [0.25, 0.3) is 0 Å². The van der Waals surface area contributed by atoms with E-state index < -0.39 is 10.8 Å². The molecule has 0 bridgehead atoms. The molecule has 0 saturated carbocycles. The molecule has 7 heteroatoms. The quantitative estimate of drug-likeness (QED) is 0.724. The first kappa shape index (κ1) is 18.7. The highest BCUT2D eigenvalue weighted by atomic mass is 35.5. The van der Waals surface area contributed by atoms with Crippen LogP contribution < -0.4 is 5.32 Å². The Balaban J connectivity index is 1.99. The van der Waals surface area contributed by atoms with E-state index in [4.69, 9.17) is 16.0 Å². The Labute approximate surface area is 149 Å². The predicted octanol–water partition coefficient (Wildman–Crippen LogP) is 3.47. The van der Waals surface area contributed by atoms with Gasteiger partial charge in [-0.2, -0.15) is 0 Å². The standard InChI is InChI=1S/C17H21ClN2O3S/c1-3-4-9-19-16(21)11-24(22)10-15-12(2)23-17(20-15)13-7-5-6-8-14(13)18/h5-8H,3-4,9-11H2,1-2H3,(H,19,21)/t24-/m1/s1. The van der Waals surface area contributed by atoms with E-state index in [9.17, 15) is 9.00 Å². The van der Waals surface area contributed by atoms with Crippen LogP contribution in [0.1, 0.15) is 31.2 Å². The summed E-state index contributed by atoms with van der Waals surface area (Å²) < 4.78 is 17.8. The maximum Gasteiger partial charge on any atom is 0.232 e. The van der Waals surface area contributed by atoms with Crippen LogP contribution in [0.4, 0.5) is 0 Å². The van der Waals surface area contributed by atoms with Gasteiger partial charge in [-0.05, 0) is 25.5 Å². The van der Waals surface area contributed by atoms with E-state index in [1.165, 1.54) is 0 Å². The second kappa shape index (κ2) is 8.99. The number of aromatic nitrogens is 1. The van der Waals surface area contributed by atoms with Crippen LogP contribution in [0.5, 0.6) is 0 Å². The van der Waals surface area contributed by atoms with Crippen LogP contribution in [0.2, 0.25) is 5.02 Å². The smallest absolute Gasteiger partial charge is 0.232 e. The van der Waals surface area contributed by atoms with Crippen molar-refractivity contribution in [3.8, 4) is 11.5 Å². The molecule has 130 valence electrons. The first-order valence-corrected chi connectivity index (χ1v) is 9.70. The molecule has 0 radical (unpaired) electrons. The van der Waals surface area contributed by atoms with Crippen molar-refractivity contribution in [3.05, 3.63) is 40.7 Å². The maximum atomic E-state index is 12.2. The van der Waals surface area contributed by atoms with Crippen LogP contribution in [0.3, 0.4) is 0 Å². The third-order valence-electron chi connectivity index (χ3n) is 3.44. The summed E-state index contributed by atoms with van der Waals surface area (Å²) in [5.74, 6) is 0.940. The molecule has 0 aliphatic rings. The first-order valence-electron chi connectivity index (χ1n) is 7.84. The lowest BCUT2D eigenvalue weighted by molar-refractivity contribution is -0.118. The lowest BCUT2D eigenvalue weighted by atomic mass is 10.2. The molecule has 0 unspecified atom stereocenters. The fourth-order valence-electron chi connectivity index (χ4n) is 2.12. The SMILES string of the molecule is CCCCNC(=O)C[S@](=O)Cc1nc(-c2ccccc2Cl)oc1C. The van der Waals surface area contributed by atoms with Gasteiger partial charge in [-0.3, -0.25) is 9.00 Å². The van der Waals surface area contributed by atoms with Gasteiger partial charge in [-0.15, -0.1) is 0 Å². The molecule has 1 heterocycles. The fourth-order valence-corrected chi connectivity index (χ4v) is 3.40. The second-order valence-electron chi connectivity index (χ2n) is 5.43. The minimum Gasteiger partial charge on any atom is -0.441 e. The van der Waals surface area contributed by atoms with Crippen molar-refractivity contribution in [2.75, 3.05) is 12.3 Å². The first-order chi connectivity index (χ1) is 11.5. The number of hydrogen-bond acceptors (Lipinski definition) is 4. The van der Waals surface area contributed by atoms with E-state index in [0.717, 1.165) is 12.8 Å². The lowest BCUT2D eigenvalue weighted by Crippen LogP contribution is -2.29. The third kappa shape index (κ3) is 5.18. The Morgan fingerprint density at radius 3 is 2.83 bits per heavy atom. The van der Waals surface area contributed by atoms with Gasteiger partial charge in [0.05, 0.1) is 22.0 Å². The second-order valence-corrected chi connectivity index (χ2v) is 7.30. The topological polar surface area (TPSA) is 72.2 Å². The number of hydrogen-bond donors (Lipinski definition) is 1. The zero-order chi connectivity index (χ0) is 17.5. The van der Waals surface area contributed by atoms with Crippen LogP contribution in [0, 0.1) is 6.92 Å². The van der Waals surface area contributed by atoms with Gasteiger partial charge < -0.3 is 9.73 Å².